The lowest BCUT2D eigenvalue weighted by atomic mass is 10.3. The average Bonchev–Trinajstić information content (AvgIpc) is 2.76. The third kappa shape index (κ3) is 2.04. The normalized spacial score (nSPS) is 10.1. The Balaban J connectivity index is 2.38. The van der Waals surface area contributed by atoms with E-state index in [9.17, 15) is 14.4 Å². The van der Waals surface area contributed by atoms with Crippen LogP contribution in [-0.4, -0.2) is 31.3 Å². The molecule has 0 radical (unpaired) electrons. The Bertz CT molecular complexity index is 654. The van der Waals surface area contributed by atoms with E-state index in [1.807, 2.05) is 4.98 Å². The van der Waals surface area contributed by atoms with E-state index < -0.39 is 28.6 Å². The number of nitrogens with one attached hydrogen (secondary N) is 3. The van der Waals surface area contributed by atoms with Crippen LogP contribution in [0, 0.1) is 0 Å². The molecular weight excluding hydrogens is 232 g/mol. The van der Waals surface area contributed by atoms with E-state index >= 15 is 0 Å². The minimum absolute atomic E-state index is 0.115. The fraction of sp³-hybridized carbons (Fsp3) is 0. The third-order valence-electron chi connectivity index (χ3n) is 1.77. The van der Waals surface area contributed by atoms with Crippen LogP contribution < -0.4 is 21.7 Å². The molecule has 5 N–H and O–H groups in total. The number of anilines is 1. The van der Waals surface area contributed by atoms with Crippen LogP contribution in [0.2, 0.25) is 0 Å². The van der Waals surface area contributed by atoms with E-state index in [1.54, 1.807) is 0 Å². The molecule has 0 amide bonds. The molecule has 0 fully saturated rings. The van der Waals surface area contributed by atoms with E-state index in [0.717, 1.165) is 6.20 Å². The van der Waals surface area contributed by atoms with Crippen molar-refractivity contribution in [2.24, 2.45) is 0 Å². The molecule has 0 aliphatic rings. The first-order valence-corrected chi connectivity index (χ1v) is 4.28. The summed E-state index contributed by atoms with van der Waals surface area (Å²) in [7, 11) is 0. The number of carbonyl (C=O) groups excluding carboxylic acids is 1. The van der Waals surface area contributed by atoms with Gasteiger partial charge in [-0.1, -0.05) is 0 Å². The molecule has 0 unspecified atom stereocenters. The highest BCUT2D eigenvalue weighted by Crippen LogP contribution is 2.06. The average molecular weight is 238 g/mol. The summed E-state index contributed by atoms with van der Waals surface area (Å²) in [6.45, 7) is 0. The van der Waals surface area contributed by atoms with Gasteiger partial charge in [-0.25, -0.2) is 9.59 Å². The van der Waals surface area contributed by atoms with Crippen LogP contribution in [0.25, 0.3) is 0 Å². The summed E-state index contributed by atoms with van der Waals surface area (Å²) < 4.78 is 4.68. The van der Waals surface area contributed by atoms with Crippen molar-refractivity contribution >= 4 is 11.7 Å². The summed E-state index contributed by atoms with van der Waals surface area (Å²) in [4.78, 5) is 37.5. The highest BCUT2D eigenvalue weighted by atomic mass is 16.5. The van der Waals surface area contributed by atoms with Crippen LogP contribution in [0.3, 0.4) is 0 Å². The third-order valence-corrected chi connectivity index (χ3v) is 1.77. The SMILES string of the molecule is Nc1c(C(=O)Oc2cn[nH]n2)[nH]c(=O)[nH]c1=O. The maximum atomic E-state index is 11.5. The van der Waals surface area contributed by atoms with Crippen LogP contribution in [0.4, 0.5) is 5.69 Å². The number of hydrogen-bond donors (Lipinski definition) is 4. The molecule has 0 spiro atoms. The second-order valence-electron chi connectivity index (χ2n) is 2.89. The summed E-state index contributed by atoms with van der Waals surface area (Å²) in [5.41, 5.74) is 2.70. The summed E-state index contributed by atoms with van der Waals surface area (Å²) >= 11 is 0. The van der Waals surface area contributed by atoms with E-state index in [2.05, 4.69) is 25.1 Å². The molecule has 0 bridgehead atoms. The van der Waals surface area contributed by atoms with Crippen molar-refractivity contribution < 1.29 is 9.53 Å². The highest BCUT2D eigenvalue weighted by Gasteiger charge is 2.17. The Kier molecular flexibility index (Phi) is 2.45. The minimum Gasteiger partial charge on any atom is -0.399 e. The summed E-state index contributed by atoms with van der Waals surface area (Å²) in [6.07, 6.45) is 1.14. The number of carbonyl (C=O) groups is 1. The number of nitrogens with two attached hydrogens (primary N) is 1. The van der Waals surface area contributed by atoms with Crippen molar-refractivity contribution in [1.82, 2.24) is 25.4 Å². The van der Waals surface area contributed by atoms with Gasteiger partial charge in [-0.3, -0.25) is 14.8 Å². The molecule has 0 saturated heterocycles. The van der Waals surface area contributed by atoms with Crippen molar-refractivity contribution in [2.75, 3.05) is 5.73 Å². The maximum absolute atomic E-state index is 11.5. The van der Waals surface area contributed by atoms with Gasteiger partial charge in [-0.05, 0) is 0 Å². The van der Waals surface area contributed by atoms with Gasteiger partial charge in [0.05, 0.1) is 0 Å². The monoisotopic (exact) mass is 238 g/mol. The topological polar surface area (TPSA) is 160 Å². The van der Waals surface area contributed by atoms with Gasteiger partial charge in [0, 0.05) is 0 Å². The Hall–Kier alpha value is -2.91. The molecule has 0 aliphatic carbocycles. The number of ether oxygens (including phenoxy) is 1. The fourth-order valence-electron chi connectivity index (χ4n) is 1.04. The standard InChI is InChI=1S/C7H6N6O4/c8-3-4(10-7(16)11-5(3)14)6(15)17-2-1-9-13-12-2/h1H,8H2,(H,9,12,13)(H2,10,11,14,16). The van der Waals surface area contributed by atoms with Crippen molar-refractivity contribution in [3.05, 3.63) is 32.7 Å². The van der Waals surface area contributed by atoms with Gasteiger partial charge in [0.2, 0.25) is 0 Å². The lowest BCUT2D eigenvalue weighted by molar-refractivity contribution is 0.0721. The number of nitrogen functional groups attached to an aromatic ring is 1. The molecule has 2 aromatic rings. The summed E-state index contributed by atoms with van der Waals surface area (Å²) in [5, 5.41) is 9.08. The van der Waals surface area contributed by atoms with Gasteiger partial charge >= 0.3 is 11.7 Å². The van der Waals surface area contributed by atoms with Crippen molar-refractivity contribution in [2.45, 2.75) is 0 Å². The van der Waals surface area contributed by atoms with Crippen LogP contribution >= 0.6 is 0 Å². The van der Waals surface area contributed by atoms with Gasteiger partial charge in [0.15, 0.2) is 5.69 Å². The number of aromatic amines is 3. The molecule has 10 heteroatoms. The van der Waals surface area contributed by atoms with E-state index in [-0.39, 0.29) is 5.88 Å². The maximum Gasteiger partial charge on any atom is 0.364 e. The second-order valence-corrected chi connectivity index (χ2v) is 2.89. The Morgan fingerprint density at radius 2 is 2.12 bits per heavy atom. The first kappa shape index (κ1) is 10.6. The smallest absolute Gasteiger partial charge is 0.364 e. The number of aromatic nitrogens is 5. The fourth-order valence-corrected chi connectivity index (χ4v) is 1.04. The van der Waals surface area contributed by atoms with Gasteiger partial charge in [0.25, 0.3) is 11.4 Å². The highest BCUT2D eigenvalue weighted by molar-refractivity contribution is 5.93. The lowest BCUT2D eigenvalue weighted by Gasteiger charge is -2.01. The minimum atomic E-state index is -1.01. The molecule has 0 aromatic carbocycles. The van der Waals surface area contributed by atoms with Crippen molar-refractivity contribution in [1.29, 1.82) is 0 Å². The molecule has 2 heterocycles. The molecule has 2 rings (SSSR count). The quantitative estimate of drug-likeness (QED) is 0.439. The van der Waals surface area contributed by atoms with Crippen molar-refractivity contribution in [3.8, 4) is 5.88 Å². The number of H-pyrrole nitrogens is 3. The molecule has 0 atom stereocenters. The van der Waals surface area contributed by atoms with E-state index in [4.69, 9.17) is 5.73 Å². The van der Waals surface area contributed by atoms with E-state index in [1.165, 1.54) is 0 Å². The largest absolute Gasteiger partial charge is 0.399 e. The molecule has 88 valence electrons. The zero-order valence-corrected chi connectivity index (χ0v) is 8.18. The number of nitrogens with zero attached hydrogens (tertiary/aromatic N) is 2. The van der Waals surface area contributed by atoms with Crippen LogP contribution in [0.1, 0.15) is 10.5 Å². The number of rotatable bonds is 2. The predicted octanol–water partition coefficient (Wildman–Crippen LogP) is -2.02. The summed E-state index contributed by atoms with van der Waals surface area (Å²) in [5.74, 6) is -1.13. The predicted molar refractivity (Wildman–Crippen MR) is 53.4 cm³/mol. The molecule has 17 heavy (non-hydrogen) atoms. The lowest BCUT2D eigenvalue weighted by Crippen LogP contribution is -2.30. The zero-order valence-electron chi connectivity index (χ0n) is 8.18. The molecular formula is C7H6N6O4. The van der Waals surface area contributed by atoms with Crippen LogP contribution in [0.5, 0.6) is 5.88 Å². The molecule has 0 saturated carbocycles. The van der Waals surface area contributed by atoms with Crippen LogP contribution in [0.15, 0.2) is 15.8 Å². The molecule has 0 aliphatic heterocycles. The van der Waals surface area contributed by atoms with Gasteiger partial charge in [-0.15, -0.1) is 5.10 Å². The summed E-state index contributed by atoms with van der Waals surface area (Å²) in [6, 6.07) is 0. The first-order valence-electron chi connectivity index (χ1n) is 4.28. The van der Waals surface area contributed by atoms with Gasteiger partial charge in [-0.2, -0.15) is 10.3 Å². The van der Waals surface area contributed by atoms with E-state index in [0.29, 0.717) is 0 Å². The van der Waals surface area contributed by atoms with Crippen molar-refractivity contribution in [3.63, 3.8) is 0 Å². The number of hydrogen-bond acceptors (Lipinski definition) is 7. The van der Waals surface area contributed by atoms with Crippen LogP contribution in [-0.2, 0) is 0 Å². The zero-order chi connectivity index (χ0) is 12.4. The molecule has 2 aromatic heterocycles. The Labute approximate surface area is 91.8 Å². The van der Waals surface area contributed by atoms with Gasteiger partial charge in [0.1, 0.15) is 11.9 Å². The Morgan fingerprint density at radius 3 is 2.76 bits per heavy atom. The first-order chi connectivity index (χ1) is 8.08. The molecule has 10 nitrogen and oxygen atoms in total. The Morgan fingerprint density at radius 1 is 1.35 bits per heavy atom. The second kappa shape index (κ2) is 3.92. The van der Waals surface area contributed by atoms with Gasteiger partial charge < -0.3 is 10.5 Å². The number of esters is 1.